The highest BCUT2D eigenvalue weighted by Crippen LogP contribution is 2.30. The van der Waals surface area contributed by atoms with Gasteiger partial charge in [-0.05, 0) is 36.1 Å². The first kappa shape index (κ1) is 13.4. The molecule has 1 fully saturated rings. The Morgan fingerprint density at radius 3 is 2.55 bits per heavy atom. The van der Waals surface area contributed by atoms with Crippen molar-refractivity contribution in [3.8, 4) is 5.75 Å². The molecule has 3 rings (SSSR count). The van der Waals surface area contributed by atoms with E-state index in [1.807, 2.05) is 6.07 Å². The first-order valence-electron chi connectivity index (χ1n) is 7.16. The molecule has 20 heavy (non-hydrogen) atoms. The highest BCUT2D eigenvalue weighted by atomic mass is 32.1. The SMILES string of the molecule is COc1ccc2ccccc2c1C(=S)N1CCCCC1. The summed E-state index contributed by atoms with van der Waals surface area (Å²) in [6.45, 7) is 2.12. The van der Waals surface area contributed by atoms with Crippen molar-refractivity contribution < 1.29 is 4.74 Å². The Morgan fingerprint density at radius 1 is 1.05 bits per heavy atom. The van der Waals surface area contributed by atoms with Gasteiger partial charge in [0.1, 0.15) is 10.7 Å². The maximum Gasteiger partial charge on any atom is 0.129 e. The van der Waals surface area contributed by atoms with Crippen LogP contribution in [0.5, 0.6) is 5.75 Å². The zero-order valence-corrected chi connectivity index (χ0v) is 12.6. The van der Waals surface area contributed by atoms with Crippen molar-refractivity contribution in [2.45, 2.75) is 19.3 Å². The lowest BCUT2D eigenvalue weighted by atomic mass is 10.0. The molecule has 1 heterocycles. The summed E-state index contributed by atoms with van der Waals surface area (Å²) in [7, 11) is 1.71. The Labute approximate surface area is 125 Å². The van der Waals surface area contributed by atoms with Crippen LogP contribution in [0.25, 0.3) is 10.8 Å². The van der Waals surface area contributed by atoms with Gasteiger partial charge in [-0.3, -0.25) is 0 Å². The van der Waals surface area contributed by atoms with Crippen LogP contribution in [0, 0.1) is 0 Å². The zero-order valence-electron chi connectivity index (χ0n) is 11.8. The zero-order chi connectivity index (χ0) is 13.9. The third kappa shape index (κ3) is 2.38. The molecule has 1 aliphatic rings. The van der Waals surface area contributed by atoms with Gasteiger partial charge < -0.3 is 9.64 Å². The molecule has 104 valence electrons. The lowest BCUT2D eigenvalue weighted by molar-refractivity contribution is 0.346. The standard InChI is InChI=1S/C17H19NOS/c1-19-15-10-9-13-7-3-4-8-14(13)16(15)17(20)18-11-5-2-6-12-18/h3-4,7-10H,2,5-6,11-12H2,1H3. The van der Waals surface area contributed by atoms with E-state index in [-0.39, 0.29) is 0 Å². The molecule has 0 unspecified atom stereocenters. The predicted octanol–water partition coefficient (Wildman–Crippen LogP) is 4.01. The number of fused-ring (bicyclic) bond motifs is 1. The van der Waals surface area contributed by atoms with Crippen LogP contribution in [0.15, 0.2) is 36.4 Å². The van der Waals surface area contributed by atoms with E-state index in [4.69, 9.17) is 17.0 Å². The first-order chi connectivity index (χ1) is 9.81. The van der Waals surface area contributed by atoms with Crippen LogP contribution in [0.4, 0.5) is 0 Å². The predicted molar refractivity (Wildman–Crippen MR) is 87.6 cm³/mol. The summed E-state index contributed by atoms with van der Waals surface area (Å²) in [6.07, 6.45) is 3.77. The van der Waals surface area contributed by atoms with Gasteiger partial charge in [0.2, 0.25) is 0 Å². The molecule has 0 radical (unpaired) electrons. The lowest BCUT2D eigenvalue weighted by Crippen LogP contribution is -2.35. The van der Waals surface area contributed by atoms with Gasteiger partial charge in [-0.1, -0.05) is 42.5 Å². The molecule has 0 aromatic heterocycles. The largest absolute Gasteiger partial charge is 0.496 e. The number of hydrogen-bond donors (Lipinski definition) is 0. The molecule has 2 aromatic carbocycles. The molecule has 0 amide bonds. The van der Waals surface area contributed by atoms with Crippen molar-refractivity contribution in [1.82, 2.24) is 4.90 Å². The van der Waals surface area contributed by atoms with Gasteiger partial charge in [0.05, 0.1) is 12.7 Å². The molecule has 0 aliphatic carbocycles. The molecule has 0 N–H and O–H groups in total. The van der Waals surface area contributed by atoms with Gasteiger partial charge in [-0.15, -0.1) is 0 Å². The van der Waals surface area contributed by atoms with Gasteiger partial charge >= 0.3 is 0 Å². The number of likely N-dealkylation sites (tertiary alicyclic amines) is 1. The van der Waals surface area contributed by atoms with Crippen LogP contribution in [0.3, 0.4) is 0 Å². The molecular weight excluding hydrogens is 266 g/mol. The summed E-state index contributed by atoms with van der Waals surface area (Å²) in [5.41, 5.74) is 1.07. The Kier molecular flexibility index (Phi) is 3.88. The molecule has 2 nitrogen and oxygen atoms in total. The van der Waals surface area contributed by atoms with Crippen molar-refractivity contribution >= 4 is 28.0 Å². The molecule has 0 spiro atoms. The van der Waals surface area contributed by atoms with Crippen LogP contribution in [-0.4, -0.2) is 30.1 Å². The van der Waals surface area contributed by atoms with Crippen molar-refractivity contribution in [1.29, 1.82) is 0 Å². The number of ether oxygens (including phenoxy) is 1. The lowest BCUT2D eigenvalue weighted by Gasteiger charge is -2.30. The summed E-state index contributed by atoms with van der Waals surface area (Å²) < 4.78 is 5.55. The fourth-order valence-corrected chi connectivity index (χ4v) is 3.29. The third-order valence-corrected chi connectivity index (χ3v) is 4.43. The van der Waals surface area contributed by atoms with Crippen LogP contribution in [0.1, 0.15) is 24.8 Å². The number of benzene rings is 2. The monoisotopic (exact) mass is 285 g/mol. The molecule has 0 saturated carbocycles. The normalized spacial score (nSPS) is 15.3. The maximum atomic E-state index is 5.77. The average molecular weight is 285 g/mol. The molecule has 0 bridgehead atoms. The number of hydrogen-bond acceptors (Lipinski definition) is 2. The summed E-state index contributed by atoms with van der Waals surface area (Å²) in [5, 5.41) is 2.39. The second-order valence-electron chi connectivity index (χ2n) is 5.22. The third-order valence-electron chi connectivity index (χ3n) is 3.97. The quantitative estimate of drug-likeness (QED) is 0.774. The Morgan fingerprint density at radius 2 is 1.80 bits per heavy atom. The van der Waals surface area contributed by atoms with Gasteiger partial charge in [-0.2, -0.15) is 0 Å². The fourth-order valence-electron chi connectivity index (χ4n) is 2.90. The van der Waals surface area contributed by atoms with Gasteiger partial charge in [0.15, 0.2) is 0 Å². The van der Waals surface area contributed by atoms with E-state index in [1.54, 1.807) is 7.11 Å². The van der Waals surface area contributed by atoms with Crippen molar-refractivity contribution in [3.05, 3.63) is 42.0 Å². The molecule has 2 aromatic rings. The van der Waals surface area contributed by atoms with Crippen LogP contribution in [0.2, 0.25) is 0 Å². The minimum atomic E-state index is 0.874. The second-order valence-corrected chi connectivity index (χ2v) is 5.60. The number of thiocarbonyl (C=S) groups is 1. The van der Waals surface area contributed by atoms with Gasteiger partial charge in [0.25, 0.3) is 0 Å². The molecular formula is C17H19NOS. The van der Waals surface area contributed by atoms with E-state index in [0.29, 0.717) is 0 Å². The smallest absolute Gasteiger partial charge is 0.129 e. The summed E-state index contributed by atoms with van der Waals surface area (Å²) >= 11 is 5.77. The van der Waals surface area contributed by atoms with E-state index in [1.165, 1.54) is 30.0 Å². The second kappa shape index (κ2) is 5.80. The van der Waals surface area contributed by atoms with Gasteiger partial charge in [0, 0.05) is 13.1 Å². The first-order valence-corrected chi connectivity index (χ1v) is 7.57. The highest BCUT2D eigenvalue weighted by Gasteiger charge is 2.20. The van der Waals surface area contributed by atoms with Crippen LogP contribution >= 0.6 is 12.2 Å². The van der Waals surface area contributed by atoms with E-state index >= 15 is 0 Å². The number of methoxy groups -OCH3 is 1. The Hall–Kier alpha value is -1.61. The maximum absolute atomic E-state index is 5.77. The molecule has 0 atom stereocenters. The number of rotatable bonds is 2. The van der Waals surface area contributed by atoms with Crippen LogP contribution < -0.4 is 4.74 Å². The number of nitrogens with zero attached hydrogens (tertiary/aromatic N) is 1. The fraction of sp³-hybridized carbons (Fsp3) is 0.353. The summed E-state index contributed by atoms with van der Waals surface area (Å²) in [6, 6.07) is 12.5. The molecule has 3 heteroatoms. The summed E-state index contributed by atoms with van der Waals surface area (Å²) in [4.78, 5) is 3.25. The van der Waals surface area contributed by atoms with E-state index in [9.17, 15) is 0 Å². The van der Waals surface area contributed by atoms with Gasteiger partial charge in [-0.25, -0.2) is 0 Å². The minimum absolute atomic E-state index is 0.874. The summed E-state index contributed by atoms with van der Waals surface area (Å²) in [5.74, 6) is 0.874. The minimum Gasteiger partial charge on any atom is -0.496 e. The average Bonchev–Trinajstić information content (AvgIpc) is 2.54. The highest BCUT2D eigenvalue weighted by molar-refractivity contribution is 7.80. The van der Waals surface area contributed by atoms with Crippen LogP contribution in [-0.2, 0) is 0 Å². The topological polar surface area (TPSA) is 12.5 Å². The van der Waals surface area contributed by atoms with E-state index < -0.39 is 0 Å². The van der Waals surface area contributed by atoms with Crippen molar-refractivity contribution in [2.75, 3.05) is 20.2 Å². The Bertz CT molecular complexity index is 632. The Balaban J connectivity index is 2.10. The van der Waals surface area contributed by atoms with Crippen molar-refractivity contribution in [2.24, 2.45) is 0 Å². The van der Waals surface area contributed by atoms with E-state index in [0.717, 1.165) is 29.4 Å². The van der Waals surface area contributed by atoms with E-state index in [2.05, 4.69) is 35.2 Å². The number of piperidine rings is 1. The molecule has 1 saturated heterocycles. The molecule has 1 aliphatic heterocycles. The van der Waals surface area contributed by atoms with Crippen molar-refractivity contribution in [3.63, 3.8) is 0 Å².